The Labute approximate surface area is 133 Å². The number of amides is 1. The Balaban J connectivity index is 2.04. The third-order valence-electron chi connectivity index (χ3n) is 3.25. The first-order valence-corrected chi connectivity index (χ1v) is 7.14. The van der Waals surface area contributed by atoms with Crippen LogP contribution in [0.25, 0.3) is 0 Å². The minimum Gasteiger partial charge on any atom is -0.325 e. The topological polar surface area (TPSA) is 72.2 Å². The summed E-state index contributed by atoms with van der Waals surface area (Å²) >= 11 is 5.96. The molecule has 6 heteroatoms. The predicted molar refractivity (Wildman–Crippen MR) is 86.0 cm³/mol. The molecule has 1 amide bonds. The number of benzene rings is 2. The number of carbonyl (C=O) groups is 1. The number of anilines is 1. The highest BCUT2D eigenvalue weighted by Crippen LogP contribution is 2.27. The van der Waals surface area contributed by atoms with Crippen molar-refractivity contribution in [1.29, 1.82) is 0 Å². The molecule has 114 valence electrons. The molecular weight excluding hydrogens is 304 g/mol. The first-order valence-electron chi connectivity index (χ1n) is 6.76. The zero-order chi connectivity index (χ0) is 16.1. The average molecular weight is 319 g/mol. The van der Waals surface area contributed by atoms with Gasteiger partial charge >= 0.3 is 0 Å². The maximum absolute atomic E-state index is 12.2. The number of nitro benzene ring substituents is 1. The van der Waals surface area contributed by atoms with Crippen molar-refractivity contribution in [2.24, 2.45) is 5.92 Å². The molecule has 0 radical (unpaired) electrons. The van der Waals surface area contributed by atoms with E-state index in [2.05, 4.69) is 5.32 Å². The van der Waals surface area contributed by atoms with Gasteiger partial charge in [0.05, 0.1) is 15.6 Å². The molecule has 22 heavy (non-hydrogen) atoms. The van der Waals surface area contributed by atoms with Crippen LogP contribution in [-0.2, 0) is 11.2 Å². The lowest BCUT2D eigenvalue weighted by molar-refractivity contribution is -0.384. The van der Waals surface area contributed by atoms with E-state index >= 15 is 0 Å². The Morgan fingerprint density at radius 2 is 1.95 bits per heavy atom. The Kier molecular flexibility index (Phi) is 5.12. The normalized spacial score (nSPS) is 11.7. The number of halogens is 1. The first kappa shape index (κ1) is 16.0. The summed E-state index contributed by atoms with van der Waals surface area (Å²) in [5.74, 6) is -0.423. The van der Waals surface area contributed by atoms with Gasteiger partial charge in [-0.1, -0.05) is 48.9 Å². The molecule has 2 aromatic carbocycles. The molecule has 0 aliphatic carbocycles. The maximum atomic E-state index is 12.2. The van der Waals surface area contributed by atoms with E-state index in [1.807, 2.05) is 37.3 Å². The lowest BCUT2D eigenvalue weighted by atomic mass is 10.0. The number of nitrogens with one attached hydrogen (secondary N) is 1. The third kappa shape index (κ3) is 4.05. The molecule has 0 spiro atoms. The molecule has 2 aromatic rings. The largest absolute Gasteiger partial charge is 0.325 e. The highest BCUT2D eigenvalue weighted by Gasteiger charge is 2.16. The van der Waals surface area contributed by atoms with Crippen LogP contribution in [0, 0.1) is 16.0 Å². The van der Waals surface area contributed by atoms with E-state index < -0.39 is 4.92 Å². The highest BCUT2D eigenvalue weighted by molar-refractivity contribution is 6.34. The lowest BCUT2D eigenvalue weighted by Crippen LogP contribution is -2.22. The van der Waals surface area contributed by atoms with Crippen LogP contribution in [0.1, 0.15) is 12.5 Å². The zero-order valence-corrected chi connectivity index (χ0v) is 12.7. The number of nitro groups is 1. The van der Waals surface area contributed by atoms with Crippen LogP contribution in [-0.4, -0.2) is 10.8 Å². The number of carbonyl (C=O) groups excluding carboxylic acids is 1. The molecule has 1 atom stereocenters. The van der Waals surface area contributed by atoms with E-state index in [4.69, 9.17) is 11.6 Å². The summed E-state index contributed by atoms with van der Waals surface area (Å²) in [6.45, 7) is 1.82. The smallest absolute Gasteiger partial charge is 0.271 e. The molecule has 0 unspecified atom stereocenters. The van der Waals surface area contributed by atoms with Gasteiger partial charge in [-0.3, -0.25) is 14.9 Å². The highest BCUT2D eigenvalue weighted by atomic mass is 35.5. The summed E-state index contributed by atoms with van der Waals surface area (Å²) < 4.78 is 0. The fourth-order valence-electron chi connectivity index (χ4n) is 2.04. The Morgan fingerprint density at radius 1 is 1.27 bits per heavy atom. The van der Waals surface area contributed by atoms with Crippen molar-refractivity contribution in [3.05, 3.63) is 69.2 Å². The molecule has 5 nitrogen and oxygen atoms in total. The van der Waals surface area contributed by atoms with Crippen molar-refractivity contribution in [3.8, 4) is 0 Å². The maximum Gasteiger partial charge on any atom is 0.271 e. The molecular formula is C16H15ClN2O3. The second-order valence-corrected chi connectivity index (χ2v) is 5.41. The Hall–Kier alpha value is -2.40. The van der Waals surface area contributed by atoms with Crippen LogP contribution in [0.3, 0.4) is 0 Å². The average Bonchev–Trinajstić information content (AvgIpc) is 2.50. The van der Waals surface area contributed by atoms with Crippen LogP contribution < -0.4 is 5.32 Å². The van der Waals surface area contributed by atoms with Crippen molar-refractivity contribution in [2.45, 2.75) is 13.3 Å². The molecule has 2 rings (SSSR count). The van der Waals surface area contributed by atoms with Gasteiger partial charge in [-0.25, -0.2) is 0 Å². The minimum absolute atomic E-state index is 0.111. The molecule has 0 saturated carbocycles. The van der Waals surface area contributed by atoms with Gasteiger partial charge in [0, 0.05) is 18.1 Å². The summed E-state index contributed by atoms with van der Waals surface area (Å²) in [4.78, 5) is 22.3. The van der Waals surface area contributed by atoms with Gasteiger partial charge in [0.1, 0.15) is 0 Å². The fraction of sp³-hybridized carbons (Fsp3) is 0.188. The van der Waals surface area contributed by atoms with Crippen molar-refractivity contribution in [2.75, 3.05) is 5.32 Å². The van der Waals surface area contributed by atoms with E-state index in [0.717, 1.165) is 5.56 Å². The van der Waals surface area contributed by atoms with Gasteiger partial charge in [-0.2, -0.15) is 0 Å². The van der Waals surface area contributed by atoms with Gasteiger partial charge in [-0.15, -0.1) is 0 Å². The van der Waals surface area contributed by atoms with Gasteiger partial charge < -0.3 is 5.32 Å². The standard InChI is InChI=1S/C16H15ClN2O3/c1-11(9-12-5-3-2-4-6-12)16(20)18-15-8-7-13(19(21)22)10-14(15)17/h2-8,10-11H,9H2,1H3,(H,18,20)/t11-/m1/s1. The number of hydrogen-bond acceptors (Lipinski definition) is 3. The van der Waals surface area contributed by atoms with Gasteiger partial charge in [0.15, 0.2) is 0 Å². The summed E-state index contributed by atoms with van der Waals surface area (Å²) in [5, 5.41) is 13.5. The monoisotopic (exact) mass is 318 g/mol. The SMILES string of the molecule is C[C@H](Cc1ccccc1)C(=O)Nc1ccc([N+](=O)[O-])cc1Cl. The Bertz CT molecular complexity index is 689. The number of rotatable bonds is 5. The van der Waals surface area contributed by atoms with Crippen LogP contribution in [0.4, 0.5) is 11.4 Å². The first-order chi connectivity index (χ1) is 10.5. The molecule has 0 aromatic heterocycles. The van der Waals surface area contributed by atoms with E-state index in [1.165, 1.54) is 18.2 Å². The number of non-ortho nitro benzene ring substituents is 1. The van der Waals surface area contributed by atoms with Crippen LogP contribution in [0.2, 0.25) is 5.02 Å². The third-order valence-corrected chi connectivity index (χ3v) is 3.57. The van der Waals surface area contributed by atoms with Crippen molar-refractivity contribution < 1.29 is 9.72 Å². The zero-order valence-electron chi connectivity index (χ0n) is 12.0. The van der Waals surface area contributed by atoms with Crippen LogP contribution in [0.5, 0.6) is 0 Å². The van der Waals surface area contributed by atoms with E-state index in [0.29, 0.717) is 12.1 Å². The molecule has 1 N–H and O–H groups in total. The quantitative estimate of drug-likeness (QED) is 0.667. The Morgan fingerprint density at radius 3 is 2.55 bits per heavy atom. The van der Waals surface area contributed by atoms with E-state index in [9.17, 15) is 14.9 Å². The van der Waals surface area contributed by atoms with Crippen LogP contribution in [0.15, 0.2) is 48.5 Å². The molecule has 0 heterocycles. The fourth-order valence-corrected chi connectivity index (χ4v) is 2.26. The van der Waals surface area contributed by atoms with Crippen molar-refractivity contribution >= 4 is 28.9 Å². The number of hydrogen-bond donors (Lipinski definition) is 1. The minimum atomic E-state index is -0.532. The van der Waals surface area contributed by atoms with Gasteiger partial charge in [0.2, 0.25) is 5.91 Å². The van der Waals surface area contributed by atoms with E-state index in [1.54, 1.807) is 0 Å². The summed E-state index contributed by atoms with van der Waals surface area (Å²) in [6, 6.07) is 13.7. The molecule has 0 saturated heterocycles. The van der Waals surface area contributed by atoms with Crippen molar-refractivity contribution in [3.63, 3.8) is 0 Å². The van der Waals surface area contributed by atoms with Gasteiger partial charge in [0.25, 0.3) is 5.69 Å². The second kappa shape index (κ2) is 7.04. The number of nitrogens with zero attached hydrogens (tertiary/aromatic N) is 1. The lowest BCUT2D eigenvalue weighted by Gasteiger charge is -2.13. The second-order valence-electron chi connectivity index (χ2n) is 5.00. The molecule has 0 aliphatic rings. The summed E-state index contributed by atoms with van der Waals surface area (Å²) in [6.07, 6.45) is 0.608. The van der Waals surface area contributed by atoms with E-state index in [-0.39, 0.29) is 22.5 Å². The van der Waals surface area contributed by atoms with Crippen LogP contribution >= 0.6 is 11.6 Å². The van der Waals surface area contributed by atoms with Crippen molar-refractivity contribution in [1.82, 2.24) is 0 Å². The summed E-state index contributed by atoms with van der Waals surface area (Å²) in [5.41, 5.74) is 1.33. The van der Waals surface area contributed by atoms with Gasteiger partial charge in [-0.05, 0) is 18.1 Å². The molecule has 0 fully saturated rings. The molecule has 0 aliphatic heterocycles. The summed E-state index contributed by atoms with van der Waals surface area (Å²) in [7, 11) is 0. The molecule has 0 bridgehead atoms. The predicted octanol–water partition coefficient (Wildman–Crippen LogP) is 4.07.